The highest BCUT2D eigenvalue weighted by Gasteiger charge is 2.19. The fourth-order valence-electron chi connectivity index (χ4n) is 6.82. The minimum atomic E-state index is -1.37. The first kappa shape index (κ1) is 14.3. The van der Waals surface area contributed by atoms with Crippen molar-refractivity contribution in [2.75, 3.05) is 4.90 Å². The summed E-state index contributed by atoms with van der Waals surface area (Å²) in [6.07, 6.45) is 0. The lowest BCUT2D eigenvalue weighted by atomic mass is 9.91. The predicted molar refractivity (Wildman–Crippen MR) is 264 cm³/mol. The monoisotopic (exact) mass is 844 g/mol. The number of para-hydroxylation sites is 3. The Morgan fingerprint density at radius 3 is 1.63 bits per heavy atom. The normalized spacial score (nSPS) is 20.2. The maximum Gasteiger partial charge on any atom is 0.137 e. The zero-order chi connectivity index (χ0) is 75.6. The first-order valence-corrected chi connectivity index (χ1v) is 18.3. The molecule has 12 rings (SSSR count). The lowest BCUT2D eigenvalue weighted by Gasteiger charge is -2.26. The molecule has 12 aromatic rings. The molecule has 10 aromatic carbocycles. The highest BCUT2D eigenvalue weighted by molar-refractivity contribution is 6.16. The molecule has 0 N–H and O–H groups in total. The Morgan fingerprint density at radius 1 is 0.349 bits per heavy atom. The van der Waals surface area contributed by atoms with Crippen molar-refractivity contribution in [3.63, 3.8) is 0 Å². The van der Waals surface area contributed by atoms with Crippen LogP contribution in [0.3, 0.4) is 0 Å². The molecule has 0 radical (unpaired) electrons. The molecule has 3 heteroatoms. The molecule has 0 amide bonds. The van der Waals surface area contributed by atoms with Gasteiger partial charge in [0.2, 0.25) is 0 Å². The first-order chi connectivity index (χ1) is 47.5. The molecule has 296 valence electrons. The average Bonchev–Trinajstić information content (AvgIpc) is 1.47. The van der Waals surface area contributed by atoms with E-state index >= 15 is 0 Å². The Balaban J connectivity index is 1.27. The van der Waals surface area contributed by atoms with E-state index in [-0.39, 0.29) is 0 Å². The summed E-state index contributed by atoms with van der Waals surface area (Å²) >= 11 is 0. The maximum absolute atomic E-state index is 10.2. The second-order valence-electron chi connectivity index (χ2n) is 13.1. The summed E-state index contributed by atoms with van der Waals surface area (Å²) in [6, 6.07) is -42.0. The molecule has 2 aromatic heterocycles. The van der Waals surface area contributed by atoms with E-state index in [9.17, 15) is 24.7 Å². The van der Waals surface area contributed by atoms with Crippen molar-refractivity contribution in [3.05, 3.63) is 242 Å². The van der Waals surface area contributed by atoms with Crippen LogP contribution in [-0.2, 0) is 0 Å². The number of furan rings is 1. The van der Waals surface area contributed by atoms with Crippen LogP contribution >= 0.6 is 0 Å². The van der Waals surface area contributed by atoms with Gasteiger partial charge in [-0.3, -0.25) is 0 Å². The van der Waals surface area contributed by atoms with Crippen LogP contribution < -0.4 is 4.90 Å². The van der Waals surface area contributed by atoms with Crippen molar-refractivity contribution in [3.8, 4) is 50.2 Å². The zero-order valence-electron chi connectivity index (χ0n) is 70.4. The Kier molecular flexibility index (Phi) is 3.47. The molecule has 0 unspecified atom stereocenters. The quantitative estimate of drug-likeness (QED) is 0.152. The van der Waals surface area contributed by atoms with Gasteiger partial charge in [-0.2, -0.15) is 0 Å². The second-order valence-corrected chi connectivity index (χ2v) is 13.1. The van der Waals surface area contributed by atoms with E-state index in [1.165, 1.54) is 0 Å². The van der Waals surface area contributed by atoms with E-state index in [4.69, 9.17) is 33.2 Å². The van der Waals surface area contributed by atoms with E-state index in [1.807, 2.05) is 0 Å². The van der Waals surface area contributed by atoms with Gasteiger partial charge < -0.3 is 13.9 Å². The van der Waals surface area contributed by atoms with E-state index in [2.05, 4.69) is 0 Å². The Bertz CT molecular complexity index is 5840. The van der Waals surface area contributed by atoms with Crippen molar-refractivity contribution in [2.24, 2.45) is 0 Å². The Labute approximate surface area is 420 Å². The molecule has 3 nitrogen and oxygen atoms in total. The van der Waals surface area contributed by atoms with Crippen LogP contribution in [0.4, 0.5) is 17.1 Å². The van der Waals surface area contributed by atoms with Gasteiger partial charge in [-0.1, -0.05) is 151 Å². The van der Waals surface area contributed by atoms with Crippen LogP contribution in [0.25, 0.3) is 93.9 Å². The fraction of sp³-hybridized carbons (Fsp3) is 0. The van der Waals surface area contributed by atoms with Crippen molar-refractivity contribution in [2.45, 2.75) is 0 Å². The summed E-state index contributed by atoms with van der Waals surface area (Å²) in [6.45, 7) is 0. The third kappa shape index (κ3) is 6.46. The summed E-state index contributed by atoms with van der Waals surface area (Å²) in [5, 5.41) is -2.68. The van der Waals surface area contributed by atoms with Crippen molar-refractivity contribution in [1.29, 1.82) is 0 Å². The third-order valence-corrected chi connectivity index (χ3v) is 9.52. The van der Waals surface area contributed by atoms with E-state index in [0.717, 1.165) is 0 Å². The summed E-state index contributed by atoms with van der Waals surface area (Å²) in [4.78, 5) is 0.396. The molecule has 0 bridgehead atoms. The van der Waals surface area contributed by atoms with Gasteiger partial charge in [0.05, 0.1) is 64.5 Å². The molecule has 0 atom stereocenters. The lowest BCUT2D eigenvalue weighted by Crippen LogP contribution is -2.09. The summed E-state index contributed by atoms with van der Waals surface area (Å²) in [5.41, 5.74) is -15.5. The number of anilines is 3. The molecular weight excluding hydrogens is 765 g/mol. The van der Waals surface area contributed by atoms with Crippen LogP contribution in [-0.4, -0.2) is 4.57 Å². The first-order valence-electron chi connectivity index (χ1n) is 37.8. The van der Waals surface area contributed by atoms with Crippen molar-refractivity contribution < 1.29 is 57.9 Å². The topological polar surface area (TPSA) is 21.3 Å². The van der Waals surface area contributed by atoms with Crippen LogP contribution in [0.5, 0.6) is 0 Å². The Morgan fingerprint density at radius 2 is 0.889 bits per heavy atom. The molecule has 0 aliphatic rings. The van der Waals surface area contributed by atoms with Gasteiger partial charge in [0, 0.05) is 50.3 Å². The summed E-state index contributed by atoms with van der Waals surface area (Å²) < 4.78 is 363. The number of rotatable bonds is 8. The number of aromatic nitrogens is 1. The SMILES string of the molecule is [2H]c1cc(N(c2c([2H])c([2H])c(-c3c([2H])c([2H])c([2H])c([2H])c3[2H])c([2H])c2[2H])c2c([2H])c([2H])c3c(oc4c([2H])c([2H])c([2H])c([2H])c43)c2[2H])c([2H])c([2H])c1-c1c([2H])c(-c2c([2H])c([2H])c([2H])c([2H])c2[2H])c([2H])c(-c2c([2H])c([2H])c([2H])c3c2c2c([2H])c([2H])c([2H])c([2H])c2n3-c2c([2H])c([2H])c([2H])c([2H])c2[2H])c1[2H]. The predicted octanol–water partition coefficient (Wildman–Crippen LogP) is 16.8. The smallest absolute Gasteiger partial charge is 0.137 e. The van der Waals surface area contributed by atoms with E-state index in [0.29, 0.717) is 15.5 Å². The minimum Gasteiger partial charge on any atom is -0.456 e. The zero-order valence-corrected chi connectivity index (χ0v) is 31.4. The van der Waals surface area contributed by atoms with E-state index in [1.54, 1.807) is 0 Å². The van der Waals surface area contributed by atoms with Crippen LogP contribution in [0.15, 0.2) is 246 Å². The Hall–Kier alpha value is -8.40. The van der Waals surface area contributed by atoms with Crippen LogP contribution in [0.2, 0.25) is 0 Å². The number of fused-ring (bicyclic) bond motifs is 6. The molecule has 63 heavy (non-hydrogen) atoms. The van der Waals surface area contributed by atoms with Crippen LogP contribution in [0.1, 0.15) is 53.5 Å². The standard InChI is InChI=1S/C60H40N2O/c1-4-15-41(16-5-1)43-27-31-49(32-28-43)61(51-35-36-54-53-21-11-13-26-58(53)63-59(54)40-51)50-33-29-44(30-34-50)46-37-45(42-17-6-2-7-18-42)38-47(39-46)52-23-14-25-57-60(52)55-22-10-12-24-56(55)62(57)48-19-8-3-9-20-48/h1-40H/i1D,2D,3D,4D,5D,6D,7D,8D,9D,10D,11D,12D,13D,14D,15D,16D,17D,18D,19D,20D,21D,22D,23D,24D,25D,26D,27D,28D,29D,30D,31D,32D,33D,35D,36D,37D,38D,39D,40D. The molecule has 0 aliphatic carbocycles. The summed E-state index contributed by atoms with van der Waals surface area (Å²) in [7, 11) is 0. The lowest BCUT2D eigenvalue weighted by molar-refractivity contribution is 0.669. The molecule has 0 fully saturated rings. The number of hydrogen-bond acceptors (Lipinski definition) is 2. The highest BCUT2D eigenvalue weighted by Crippen LogP contribution is 2.43. The largest absolute Gasteiger partial charge is 0.456 e. The third-order valence-electron chi connectivity index (χ3n) is 9.52. The molecule has 0 saturated heterocycles. The van der Waals surface area contributed by atoms with Gasteiger partial charge in [-0.15, -0.1) is 0 Å². The maximum atomic E-state index is 10.2. The molecule has 0 aliphatic heterocycles. The van der Waals surface area contributed by atoms with Gasteiger partial charge in [0.25, 0.3) is 0 Å². The van der Waals surface area contributed by atoms with Crippen molar-refractivity contribution >= 4 is 60.8 Å². The molecule has 0 spiro atoms. The fourth-order valence-corrected chi connectivity index (χ4v) is 6.82. The highest BCUT2D eigenvalue weighted by atomic mass is 16.3. The van der Waals surface area contributed by atoms with E-state index < -0.39 is 347 Å². The van der Waals surface area contributed by atoms with Crippen molar-refractivity contribution in [1.82, 2.24) is 4.57 Å². The van der Waals surface area contributed by atoms with Gasteiger partial charge in [0.1, 0.15) is 11.2 Å². The van der Waals surface area contributed by atoms with Gasteiger partial charge in [-0.05, 0) is 129 Å². The molecular formula is C60H40N2O. The number of benzene rings is 10. The second kappa shape index (κ2) is 15.3. The molecule has 0 saturated carbocycles. The number of nitrogens with zero attached hydrogens (tertiary/aromatic N) is 2. The van der Waals surface area contributed by atoms with Gasteiger partial charge >= 0.3 is 0 Å². The summed E-state index contributed by atoms with van der Waals surface area (Å²) in [5.74, 6) is 0. The van der Waals surface area contributed by atoms with Gasteiger partial charge in [-0.25, -0.2) is 0 Å². The number of hydrogen-bond donors (Lipinski definition) is 0. The molecule has 2 heterocycles. The van der Waals surface area contributed by atoms with Crippen LogP contribution in [0, 0.1) is 0 Å². The van der Waals surface area contributed by atoms with Gasteiger partial charge in [0.15, 0.2) is 0 Å². The minimum absolute atomic E-state index is 0.396. The average molecular weight is 844 g/mol.